The van der Waals surface area contributed by atoms with Gasteiger partial charge in [-0.25, -0.2) is 0 Å². The zero-order chi connectivity index (χ0) is 17.2. The van der Waals surface area contributed by atoms with Crippen LogP contribution < -0.4 is 5.32 Å². The minimum atomic E-state index is -0.653. The number of nitrogens with zero attached hydrogens (tertiary/aromatic N) is 2. The molecular formula is C19H24ClN3O. The van der Waals surface area contributed by atoms with E-state index in [4.69, 9.17) is 11.6 Å². The van der Waals surface area contributed by atoms with Crippen LogP contribution in [0.3, 0.4) is 0 Å². The van der Waals surface area contributed by atoms with Crippen molar-refractivity contribution in [2.45, 2.75) is 63.1 Å². The molecule has 1 aromatic carbocycles. The standard InChI is InChI=1S/C19H24ClN3O/c1-14(16-6-2-3-7-17(16)20)23(15-8-9-15)12-18(24)22-19(13-21)10-4-5-11-19/h2-3,6-7,14-15H,4-5,8-12H2,1H3,(H,22,24)/t14-/m0/s1. The van der Waals surface area contributed by atoms with E-state index in [0.717, 1.165) is 49.1 Å². The highest BCUT2D eigenvalue weighted by molar-refractivity contribution is 6.31. The lowest BCUT2D eigenvalue weighted by atomic mass is 10.00. The lowest BCUT2D eigenvalue weighted by molar-refractivity contribution is -0.124. The van der Waals surface area contributed by atoms with Crippen molar-refractivity contribution in [3.8, 4) is 6.07 Å². The summed E-state index contributed by atoms with van der Waals surface area (Å²) < 4.78 is 0. The van der Waals surface area contributed by atoms with Crippen LogP contribution >= 0.6 is 11.6 Å². The number of hydrogen-bond acceptors (Lipinski definition) is 3. The first-order valence-electron chi connectivity index (χ1n) is 8.77. The highest BCUT2D eigenvalue weighted by Gasteiger charge is 2.38. The molecule has 1 amide bonds. The summed E-state index contributed by atoms with van der Waals surface area (Å²) in [6, 6.07) is 10.7. The normalized spacial score (nSPS) is 20.6. The first kappa shape index (κ1) is 17.3. The summed E-state index contributed by atoms with van der Waals surface area (Å²) in [5.41, 5.74) is 0.398. The third-order valence-electron chi connectivity index (χ3n) is 5.24. The summed E-state index contributed by atoms with van der Waals surface area (Å²) in [6.07, 6.45) is 5.78. The van der Waals surface area contributed by atoms with E-state index < -0.39 is 5.54 Å². The Balaban J connectivity index is 1.69. The Kier molecular flexibility index (Phi) is 5.12. The van der Waals surface area contributed by atoms with E-state index in [-0.39, 0.29) is 11.9 Å². The van der Waals surface area contributed by atoms with Gasteiger partial charge in [0.1, 0.15) is 5.54 Å². The average molecular weight is 346 g/mol. The van der Waals surface area contributed by atoms with Gasteiger partial charge in [-0.3, -0.25) is 9.69 Å². The van der Waals surface area contributed by atoms with Gasteiger partial charge >= 0.3 is 0 Å². The maximum Gasteiger partial charge on any atom is 0.235 e. The van der Waals surface area contributed by atoms with Crippen LogP contribution in [0.5, 0.6) is 0 Å². The lowest BCUT2D eigenvalue weighted by Crippen LogP contribution is -2.49. The Morgan fingerprint density at radius 1 is 1.42 bits per heavy atom. The Labute approximate surface area is 148 Å². The van der Waals surface area contributed by atoms with Crippen molar-refractivity contribution in [2.75, 3.05) is 6.54 Å². The third-order valence-corrected chi connectivity index (χ3v) is 5.59. The van der Waals surface area contributed by atoms with E-state index in [0.29, 0.717) is 12.6 Å². The number of benzene rings is 1. The van der Waals surface area contributed by atoms with E-state index in [1.807, 2.05) is 24.3 Å². The Hall–Kier alpha value is -1.57. The van der Waals surface area contributed by atoms with Crippen LogP contribution in [0.15, 0.2) is 24.3 Å². The van der Waals surface area contributed by atoms with Crippen molar-refractivity contribution in [1.82, 2.24) is 10.2 Å². The molecule has 1 N–H and O–H groups in total. The topological polar surface area (TPSA) is 56.1 Å². The summed E-state index contributed by atoms with van der Waals surface area (Å²) in [7, 11) is 0. The molecule has 1 atom stereocenters. The maximum absolute atomic E-state index is 12.6. The fourth-order valence-electron chi connectivity index (χ4n) is 3.70. The predicted octanol–water partition coefficient (Wildman–Crippen LogP) is 3.82. The number of hydrogen-bond donors (Lipinski definition) is 1. The van der Waals surface area contributed by atoms with Gasteiger partial charge in [0.25, 0.3) is 0 Å². The molecule has 4 nitrogen and oxygen atoms in total. The second-order valence-corrected chi connectivity index (χ2v) is 7.46. The van der Waals surface area contributed by atoms with E-state index in [1.165, 1.54) is 0 Å². The van der Waals surface area contributed by atoms with Crippen LogP contribution in [0.1, 0.15) is 57.1 Å². The summed E-state index contributed by atoms with van der Waals surface area (Å²) in [6.45, 7) is 2.42. The first-order chi connectivity index (χ1) is 11.5. The molecule has 3 rings (SSSR count). The summed E-state index contributed by atoms with van der Waals surface area (Å²) >= 11 is 6.34. The SMILES string of the molecule is C[C@@H](c1ccccc1Cl)N(CC(=O)NC1(C#N)CCCC1)C1CC1. The van der Waals surface area contributed by atoms with Gasteiger partial charge in [0.05, 0.1) is 12.6 Å². The summed E-state index contributed by atoms with van der Waals surface area (Å²) in [5.74, 6) is -0.0516. The quantitative estimate of drug-likeness (QED) is 0.852. The monoisotopic (exact) mass is 345 g/mol. The number of amides is 1. The summed E-state index contributed by atoms with van der Waals surface area (Å²) in [5, 5.41) is 13.2. The summed E-state index contributed by atoms with van der Waals surface area (Å²) in [4.78, 5) is 14.8. The van der Waals surface area contributed by atoms with Crippen molar-refractivity contribution in [1.29, 1.82) is 5.26 Å². The number of nitrogens with one attached hydrogen (secondary N) is 1. The van der Waals surface area contributed by atoms with E-state index in [2.05, 4.69) is 23.2 Å². The number of nitriles is 1. The Morgan fingerprint density at radius 3 is 2.67 bits per heavy atom. The molecular weight excluding hydrogens is 322 g/mol. The van der Waals surface area contributed by atoms with Crippen molar-refractivity contribution >= 4 is 17.5 Å². The van der Waals surface area contributed by atoms with Gasteiger partial charge < -0.3 is 5.32 Å². The molecule has 0 spiro atoms. The van der Waals surface area contributed by atoms with E-state index >= 15 is 0 Å². The van der Waals surface area contributed by atoms with Gasteiger partial charge in [0, 0.05) is 17.1 Å². The van der Waals surface area contributed by atoms with Gasteiger partial charge in [-0.2, -0.15) is 5.26 Å². The van der Waals surface area contributed by atoms with Crippen LogP contribution in [-0.2, 0) is 4.79 Å². The molecule has 0 aliphatic heterocycles. The second kappa shape index (κ2) is 7.13. The molecule has 0 saturated heterocycles. The molecule has 2 fully saturated rings. The van der Waals surface area contributed by atoms with Crippen molar-refractivity contribution in [2.24, 2.45) is 0 Å². The van der Waals surface area contributed by atoms with Crippen LogP contribution in [0, 0.1) is 11.3 Å². The zero-order valence-electron chi connectivity index (χ0n) is 14.1. The minimum Gasteiger partial charge on any atom is -0.337 e. The number of carbonyl (C=O) groups excluding carboxylic acids is 1. The molecule has 0 bridgehead atoms. The fourth-order valence-corrected chi connectivity index (χ4v) is 3.99. The van der Waals surface area contributed by atoms with Crippen molar-refractivity contribution in [3.63, 3.8) is 0 Å². The molecule has 128 valence electrons. The van der Waals surface area contributed by atoms with E-state index in [9.17, 15) is 10.1 Å². The smallest absolute Gasteiger partial charge is 0.235 e. The highest BCUT2D eigenvalue weighted by atomic mass is 35.5. The fraction of sp³-hybridized carbons (Fsp3) is 0.579. The van der Waals surface area contributed by atoms with Crippen LogP contribution in [-0.4, -0.2) is 28.9 Å². The lowest BCUT2D eigenvalue weighted by Gasteiger charge is -2.31. The average Bonchev–Trinajstić information content (AvgIpc) is 3.32. The minimum absolute atomic E-state index is 0.0516. The van der Waals surface area contributed by atoms with Crippen LogP contribution in [0.25, 0.3) is 0 Å². The van der Waals surface area contributed by atoms with Crippen LogP contribution in [0.2, 0.25) is 5.02 Å². The van der Waals surface area contributed by atoms with Gasteiger partial charge in [0.2, 0.25) is 5.91 Å². The predicted molar refractivity (Wildman–Crippen MR) is 94.5 cm³/mol. The first-order valence-corrected chi connectivity index (χ1v) is 9.15. The third kappa shape index (κ3) is 3.74. The zero-order valence-corrected chi connectivity index (χ0v) is 14.9. The molecule has 0 heterocycles. The molecule has 0 aromatic heterocycles. The van der Waals surface area contributed by atoms with Crippen molar-refractivity contribution < 1.29 is 4.79 Å². The number of carbonyl (C=O) groups is 1. The molecule has 1 aromatic rings. The van der Waals surface area contributed by atoms with Gasteiger partial charge in [-0.1, -0.05) is 29.8 Å². The van der Waals surface area contributed by atoms with Gasteiger partial charge in [-0.05, 0) is 57.1 Å². The van der Waals surface area contributed by atoms with Gasteiger partial charge in [0.15, 0.2) is 0 Å². The maximum atomic E-state index is 12.6. The molecule has 0 unspecified atom stereocenters. The molecule has 2 aliphatic rings. The Bertz CT molecular complexity index is 644. The molecule has 2 aliphatic carbocycles. The number of halogens is 1. The Morgan fingerprint density at radius 2 is 2.08 bits per heavy atom. The highest BCUT2D eigenvalue weighted by Crippen LogP contribution is 2.36. The van der Waals surface area contributed by atoms with Crippen LogP contribution in [0.4, 0.5) is 0 Å². The van der Waals surface area contributed by atoms with Gasteiger partial charge in [-0.15, -0.1) is 0 Å². The largest absolute Gasteiger partial charge is 0.337 e. The molecule has 24 heavy (non-hydrogen) atoms. The molecule has 2 saturated carbocycles. The number of rotatable bonds is 6. The molecule has 0 radical (unpaired) electrons. The van der Waals surface area contributed by atoms with Crippen molar-refractivity contribution in [3.05, 3.63) is 34.9 Å². The molecule has 5 heteroatoms. The van der Waals surface area contributed by atoms with E-state index in [1.54, 1.807) is 0 Å². The second-order valence-electron chi connectivity index (χ2n) is 7.05.